The number of hydrogen-bond donors (Lipinski definition) is 2. The van der Waals surface area contributed by atoms with Crippen molar-refractivity contribution in [2.24, 2.45) is 0 Å². The van der Waals surface area contributed by atoms with Crippen LogP contribution in [-0.4, -0.2) is 31.1 Å². The van der Waals surface area contributed by atoms with Gasteiger partial charge in [0.2, 0.25) is 21.8 Å². The Labute approximate surface area is 195 Å². The van der Waals surface area contributed by atoms with E-state index in [0.29, 0.717) is 27.2 Å². The molecule has 0 fully saturated rings. The van der Waals surface area contributed by atoms with Crippen LogP contribution in [-0.2, 0) is 26.2 Å². The molecule has 3 aromatic rings. The molecule has 3 rings (SSSR count). The highest BCUT2D eigenvalue weighted by Gasteiger charge is 2.28. The molecule has 1 heterocycles. The van der Waals surface area contributed by atoms with Crippen LogP contribution in [0, 0.1) is 0 Å². The summed E-state index contributed by atoms with van der Waals surface area (Å²) in [5, 5.41) is 5.82. The first-order valence-electron chi connectivity index (χ1n) is 9.29. The SMILES string of the molecule is CC(=O)Nc1ccc(S(=O)(=O)N(CC(=O)Nc2cc(Cl)cc(Cl)c2)Cc2ccco2)cc1. The van der Waals surface area contributed by atoms with Gasteiger partial charge in [-0.15, -0.1) is 0 Å². The summed E-state index contributed by atoms with van der Waals surface area (Å²) in [7, 11) is -4.08. The Morgan fingerprint density at radius 3 is 2.19 bits per heavy atom. The quantitative estimate of drug-likeness (QED) is 0.482. The van der Waals surface area contributed by atoms with Gasteiger partial charge in [-0.05, 0) is 54.6 Å². The van der Waals surface area contributed by atoms with Crippen LogP contribution in [0.25, 0.3) is 0 Å². The summed E-state index contributed by atoms with van der Waals surface area (Å²) in [5.41, 5.74) is 0.784. The van der Waals surface area contributed by atoms with E-state index in [2.05, 4.69) is 10.6 Å². The maximum atomic E-state index is 13.3. The molecule has 168 valence electrons. The van der Waals surface area contributed by atoms with Crippen LogP contribution in [0.15, 0.2) is 70.2 Å². The van der Waals surface area contributed by atoms with E-state index in [1.165, 1.54) is 55.7 Å². The van der Waals surface area contributed by atoms with Crippen LogP contribution in [0.2, 0.25) is 10.0 Å². The van der Waals surface area contributed by atoms with Gasteiger partial charge in [0, 0.05) is 28.3 Å². The molecular formula is C21H19Cl2N3O5S. The highest BCUT2D eigenvalue weighted by atomic mass is 35.5. The first-order valence-corrected chi connectivity index (χ1v) is 11.5. The van der Waals surface area contributed by atoms with E-state index in [9.17, 15) is 18.0 Å². The highest BCUT2D eigenvalue weighted by molar-refractivity contribution is 7.89. The predicted octanol–water partition coefficient (Wildman–Crippen LogP) is 4.37. The number of furan rings is 1. The Bertz CT molecular complexity index is 1190. The second kappa shape index (κ2) is 10.2. The molecule has 2 N–H and O–H groups in total. The zero-order chi connectivity index (χ0) is 23.3. The zero-order valence-corrected chi connectivity index (χ0v) is 19.2. The number of halogens is 2. The van der Waals surface area contributed by atoms with E-state index in [-0.39, 0.29) is 17.3 Å². The van der Waals surface area contributed by atoms with Gasteiger partial charge in [0.25, 0.3) is 0 Å². The lowest BCUT2D eigenvalue weighted by Gasteiger charge is -2.21. The number of nitrogens with one attached hydrogen (secondary N) is 2. The van der Waals surface area contributed by atoms with Gasteiger partial charge < -0.3 is 15.1 Å². The molecule has 0 atom stereocenters. The first kappa shape index (κ1) is 23.8. The molecule has 32 heavy (non-hydrogen) atoms. The van der Waals surface area contributed by atoms with Crippen LogP contribution in [0.1, 0.15) is 12.7 Å². The minimum atomic E-state index is -4.08. The van der Waals surface area contributed by atoms with Crippen molar-refractivity contribution in [3.05, 3.63) is 76.7 Å². The second-order valence-corrected chi connectivity index (χ2v) is 9.58. The minimum Gasteiger partial charge on any atom is -0.468 e. The van der Waals surface area contributed by atoms with Crippen LogP contribution in [0.3, 0.4) is 0 Å². The smallest absolute Gasteiger partial charge is 0.243 e. The Morgan fingerprint density at radius 1 is 0.969 bits per heavy atom. The topological polar surface area (TPSA) is 109 Å². The third kappa shape index (κ3) is 6.33. The Kier molecular flexibility index (Phi) is 7.57. The fourth-order valence-electron chi connectivity index (χ4n) is 2.85. The van der Waals surface area contributed by atoms with Gasteiger partial charge in [-0.3, -0.25) is 9.59 Å². The summed E-state index contributed by atoms with van der Waals surface area (Å²) in [5.74, 6) is -0.506. The second-order valence-electron chi connectivity index (χ2n) is 6.76. The minimum absolute atomic E-state index is 0.0447. The monoisotopic (exact) mass is 495 g/mol. The van der Waals surface area contributed by atoms with Crippen LogP contribution < -0.4 is 10.6 Å². The van der Waals surface area contributed by atoms with Crippen molar-refractivity contribution in [3.8, 4) is 0 Å². The number of nitrogens with zero attached hydrogens (tertiary/aromatic N) is 1. The summed E-state index contributed by atoms with van der Waals surface area (Å²) < 4.78 is 32.8. The molecule has 11 heteroatoms. The number of benzene rings is 2. The summed E-state index contributed by atoms with van der Waals surface area (Å²) in [6.07, 6.45) is 1.41. The summed E-state index contributed by atoms with van der Waals surface area (Å²) in [6.45, 7) is 0.703. The predicted molar refractivity (Wildman–Crippen MR) is 122 cm³/mol. The van der Waals surface area contributed by atoms with Crippen LogP contribution in [0.4, 0.5) is 11.4 Å². The van der Waals surface area contributed by atoms with E-state index in [4.69, 9.17) is 27.6 Å². The number of carbonyl (C=O) groups excluding carboxylic acids is 2. The van der Waals surface area contributed by atoms with E-state index >= 15 is 0 Å². The van der Waals surface area contributed by atoms with Gasteiger partial charge in [-0.1, -0.05) is 23.2 Å². The molecule has 0 saturated heterocycles. The van der Waals surface area contributed by atoms with Crippen molar-refractivity contribution in [2.75, 3.05) is 17.2 Å². The van der Waals surface area contributed by atoms with Crippen LogP contribution >= 0.6 is 23.2 Å². The van der Waals surface area contributed by atoms with Crippen molar-refractivity contribution in [1.82, 2.24) is 4.31 Å². The maximum absolute atomic E-state index is 13.3. The van der Waals surface area contributed by atoms with E-state index < -0.39 is 22.5 Å². The van der Waals surface area contributed by atoms with E-state index in [0.717, 1.165) is 4.31 Å². The lowest BCUT2D eigenvalue weighted by atomic mass is 10.3. The highest BCUT2D eigenvalue weighted by Crippen LogP contribution is 2.24. The van der Waals surface area contributed by atoms with Crippen LogP contribution in [0.5, 0.6) is 0 Å². The zero-order valence-electron chi connectivity index (χ0n) is 16.8. The molecule has 0 radical (unpaired) electrons. The first-order chi connectivity index (χ1) is 15.1. The summed E-state index contributed by atoms with van der Waals surface area (Å²) >= 11 is 11.9. The average molecular weight is 496 g/mol. The third-order valence-electron chi connectivity index (χ3n) is 4.19. The molecule has 0 aliphatic carbocycles. The lowest BCUT2D eigenvalue weighted by Crippen LogP contribution is -2.37. The lowest BCUT2D eigenvalue weighted by molar-refractivity contribution is -0.116. The van der Waals surface area contributed by atoms with Crippen molar-refractivity contribution < 1.29 is 22.4 Å². The molecule has 0 spiro atoms. The van der Waals surface area contributed by atoms with E-state index in [1.54, 1.807) is 12.1 Å². The summed E-state index contributed by atoms with van der Waals surface area (Å²) in [4.78, 5) is 23.8. The van der Waals surface area contributed by atoms with Gasteiger partial charge in [0.15, 0.2) is 0 Å². The number of hydrogen-bond acceptors (Lipinski definition) is 5. The molecular weight excluding hydrogens is 477 g/mol. The molecule has 0 unspecified atom stereocenters. The van der Waals surface area contributed by atoms with Crippen molar-refractivity contribution in [1.29, 1.82) is 0 Å². The molecule has 0 aliphatic heterocycles. The van der Waals surface area contributed by atoms with Gasteiger partial charge in [0.1, 0.15) is 5.76 Å². The molecule has 1 aromatic heterocycles. The van der Waals surface area contributed by atoms with Crippen molar-refractivity contribution in [3.63, 3.8) is 0 Å². The van der Waals surface area contributed by atoms with Crippen molar-refractivity contribution >= 4 is 56.4 Å². The van der Waals surface area contributed by atoms with Gasteiger partial charge in [-0.25, -0.2) is 8.42 Å². The Hall–Kier alpha value is -2.85. The third-order valence-corrected chi connectivity index (χ3v) is 6.43. The Balaban J connectivity index is 1.84. The maximum Gasteiger partial charge on any atom is 0.243 e. The standard InChI is InChI=1S/C21H19Cl2N3O5S/c1-14(27)24-17-4-6-20(7-5-17)32(29,30)26(12-19-3-2-8-31-19)13-21(28)25-18-10-15(22)9-16(23)11-18/h2-11H,12-13H2,1H3,(H,24,27)(H,25,28). The molecule has 0 aliphatic rings. The fraction of sp³-hybridized carbons (Fsp3) is 0.143. The average Bonchev–Trinajstić information content (AvgIpc) is 3.20. The largest absolute Gasteiger partial charge is 0.468 e. The number of rotatable bonds is 8. The van der Waals surface area contributed by atoms with Gasteiger partial charge in [0.05, 0.1) is 24.2 Å². The number of sulfonamides is 1. The molecule has 8 nitrogen and oxygen atoms in total. The van der Waals surface area contributed by atoms with Gasteiger partial charge in [-0.2, -0.15) is 4.31 Å². The molecule has 0 bridgehead atoms. The normalized spacial score (nSPS) is 11.4. The molecule has 0 saturated carbocycles. The number of carbonyl (C=O) groups is 2. The van der Waals surface area contributed by atoms with E-state index in [1.807, 2.05) is 0 Å². The van der Waals surface area contributed by atoms with Gasteiger partial charge >= 0.3 is 0 Å². The number of amides is 2. The molecule has 2 aromatic carbocycles. The van der Waals surface area contributed by atoms with Crippen molar-refractivity contribution in [2.45, 2.75) is 18.4 Å². The molecule has 2 amide bonds. The fourth-order valence-corrected chi connectivity index (χ4v) is 4.74. The number of anilines is 2. The summed E-state index contributed by atoms with van der Waals surface area (Å²) in [6, 6.07) is 13.4. The Morgan fingerprint density at radius 2 is 1.62 bits per heavy atom.